The second-order valence-electron chi connectivity index (χ2n) is 4.10. The zero-order valence-electron chi connectivity index (χ0n) is 10.5. The van der Waals surface area contributed by atoms with E-state index in [1.165, 1.54) is 4.90 Å². The van der Waals surface area contributed by atoms with Crippen LogP contribution in [0.3, 0.4) is 0 Å². The highest BCUT2D eigenvalue weighted by molar-refractivity contribution is 5.81. The van der Waals surface area contributed by atoms with Crippen LogP contribution in [0.4, 0.5) is 5.95 Å². The van der Waals surface area contributed by atoms with Crippen molar-refractivity contribution in [2.75, 3.05) is 14.1 Å². The summed E-state index contributed by atoms with van der Waals surface area (Å²) in [6, 6.07) is 6.44. The van der Waals surface area contributed by atoms with Crippen LogP contribution in [0.1, 0.15) is 0 Å². The Morgan fingerprint density at radius 1 is 1.26 bits per heavy atom. The number of H-pyrrole nitrogens is 1. The third kappa shape index (κ3) is 2.59. The number of hydrogen-bond donors (Lipinski definition) is 2. The standard InChI is InChI=1S/C12H13N5O2/c1-17(2)11(13)16-12-14-9(18)7-5-3-4-6-8(7)10(19)15-12/h3-6H,1-2H3,(H3,13,14,15,16,18,19). The number of nitrogens with one attached hydrogen (secondary N) is 1. The molecule has 0 spiro atoms. The number of hydrogen-bond acceptors (Lipinski definition) is 4. The summed E-state index contributed by atoms with van der Waals surface area (Å²) in [6.07, 6.45) is 0. The predicted molar refractivity (Wildman–Crippen MR) is 73.6 cm³/mol. The lowest BCUT2D eigenvalue weighted by Gasteiger charge is -2.08. The Balaban J connectivity index is 2.79. The first-order chi connectivity index (χ1) is 8.99. The molecule has 0 saturated carbocycles. The van der Waals surface area contributed by atoms with Gasteiger partial charge in [0.15, 0.2) is 5.96 Å². The molecule has 0 saturated heterocycles. The Morgan fingerprint density at radius 3 is 2.53 bits per heavy atom. The topological polar surface area (TPSA) is 104 Å². The number of aromatic nitrogens is 2. The summed E-state index contributed by atoms with van der Waals surface area (Å²) in [7, 11) is 3.38. The smallest absolute Gasteiger partial charge is 0.281 e. The largest absolute Gasteiger partial charge is 0.369 e. The summed E-state index contributed by atoms with van der Waals surface area (Å²) in [5.74, 6) is 0.0233. The lowest BCUT2D eigenvalue weighted by molar-refractivity contribution is 0.614. The molecular weight excluding hydrogens is 246 g/mol. The van der Waals surface area contributed by atoms with Crippen LogP contribution in [0.2, 0.25) is 0 Å². The van der Waals surface area contributed by atoms with Crippen molar-refractivity contribution in [2.45, 2.75) is 0 Å². The van der Waals surface area contributed by atoms with Crippen molar-refractivity contribution in [3.8, 4) is 0 Å². The summed E-state index contributed by atoms with van der Waals surface area (Å²) >= 11 is 0. The molecule has 98 valence electrons. The van der Waals surface area contributed by atoms with Crippen LogP contribution >= 0.6 is 0 Å². The van der Waals surface area contributed by atoms with E-state index < -0.39 is 11.1 Å². The SMILES string of the molecule is CN(C)/C(N)=N/c1nc(=O)c2ccccc2c(=O)[nH]1. The van der Waals surface area contributed by atoms with Gasteiger partial charge in [-0.3, -0.25) is 14.6 Å². The minimum atomic E-state index is -0.528. The highest BCUT2D eigenvalue weighted by Gasteiger charge is 2.04. The average molecular weight is 259 g/mol. The lowest BCUT2D eigenvalue weighted by atomic mass is 10.2. The van der Waals surface area contributed by atoms with Gasteiger partial charge in [-0.1, -0.05) is 12.1 Å². The van der Waals surface area contributed by atoms with Gasteiger partial charge < -0.3 is 10.6 Å². The zero-order valence-corrected chi connectivity index (χ0v) is 10.5. The van der Waals surface area contributed by atoms with Crippen LogP contribution in [0.5, 0.6) is 0 Å². The summed E-state index contributed by atoms with van der Waals surface area (Å²) in [4.78, 5) is 35.5. The second kappa shape index (κ2) is 4.89. The predicted octanol–water partition coefficient (Wildman–Crippen LogP) is -0.209. The molecule has 1 heterocycles. The number of guanidine groups is 1. The van der Waals surface area contributed by atoms with Crippen molar-refractivity contribution < 1.29 is 0 Å². The fraction of sp³-hybridized carbons (Fsp3) is 0.167. The van der Waals surface area contributed by atoms with E-state index >= 15 is 0 Å². The first-order valence-corrected chi connectivity index (χ1v) is 5.54. The van der Waals surface area contributed by atoms with Gasteiger partial charge in [0.25, 0.3) is 11.1 Å². The van der Waals surface area contributed by atoms with Crippen LogP contribution in [-0.4, -0.2) is 34.9 Å². The highest BCUT2D eigenvalue weighted by atomic mass is 16.1. The first kappa shape index (κ1) is 12.7. The Labute approximate surface area is 108 Å². The van der Waals surface area contributed by atoms with Crippen molar-refractivity contribution in [3.63, 3.8) is 0 Å². The number of nitrogens with zero attached hydrogens (tertiary/aromatic N) is 3. The third-order valence-electron chi connectivity index (χ3n) is 2.51. The molecule has 0 amide bonds. The minimum absolute atomic E-state index is 0.114. The van der Waals surface area contributed by atoms with Gasteiger partial charge in [0.2, 0.25) is 5.95 Å². The molecule has 0 aliphatic carbocycles. The van der Waals surface area contributed by atoms with E-state index in [1.807, 2.05) is 0 Å². The molecule has 0 atom stereocenters. The van der Waals surface area contributed by atoms with Gasteiger partial charge in [-0.25, -0.2) is 0 Å². The average Bonchev–Trinajstić information content (AvgIpc) is 2.48. The number of aliphatic imine (C=N–C) groups is 1. The molecule has 0 radical (unpaired) electrons. The molecular formula is C12H13N5O2. The molecule has 2 rings (SSSR count). The van der Waals surface area contributed by atoms with E-state index in [1.54, 1.807) is 38.4 Å². The second-order valence-corrected chi connectivity index (χ2v) is 4.10. The number of rotatable bonds is 1. The van der Waals surface area contributed by atoms with Gasteiger partial charge in [-0.2, -0.15) is 9.98 Å². The fourth-order valence-electron chi connectivity index (χ4n) is 1.48. The van der Waals surface area contributed by atoms with Gasteiger partial charge in [0.05, 0.1) is 10.8 Å². The van der Waals surface area contributed by atoms with Crippen molar-refractivity contribution in [1.29, 1.82) is 0 Å². The molecule has 1 aromatic heterocycles. The summed E-state index contributed by atoms with van der Waals surface area (Å²) in [5.41, 5.74) is 4.66. The van der Waals surface area contributed by atoms with E-state index in [0.29, 0.717) is 0 Å². The van der Waals surface area contributed by atoms with Gasteiger partial charge in [0, 0.05) is 14.1 Å². The van der Waals surface area contributed by atoms with Crippen LogP contribution in [0, 0.1) is 0 Å². The van der Waals surface area contributed by atoms with Crippen molar-refractivity contribution in [3.05, 3.63) is 45.0 Å². The van der Waals surface area contributed by atoms with Crippen LogP contribution < -0.4 is 16.9 Å². The Bertz CT molecular complexity index is 712. The number of benzene rings is 1. The monoisotopic (exact) mass is 259 g/mol. The van der Waals surface area contributed by atoms with E-state index in [9.17, 15) is 9.59 Å². The van der Waals surface area contributed by atoms with Crippen LogP contribution in [-0.2, 0) is 0 Å². The maximum absolute atomic E-state index is 11.9. The quantitative estimate of drug-likeness (QED) is 0.544. The Kier molecular flexibility index (Phi) is 3.28. The zero-order chi connectivity index (χ0) is 14.0. The van der Waals surface area contributed by atoms with Crippen LogP contribution in [0.15, 0.2) is 38.8 Å². The van der Waals surface area contributed by atoms with Gasteiger partial charge in [0.1, 0.15) is 0 Å². The van der Waals surface area contributed by atoms with Crippen molar-refractivity contribution >= 4 is 22.7 Å². The third-order valence-corrected chi connectivity index (χ3v) is 2.51. The summed E-state index contributed by atoms with van der Waals surface area (Å²) in [6.45, 7) is 0. The molecule has 3 N–H and O–H groups in total. The molecule has 0 bridgehead atoms. The molecule has 0 unspecified atom stereocenters. The van der Waals surface area contributed by atoms with Gasteiger partial charge >= 0.3 is 0 Å². The molecule has 19 heavy (non-hydrogen) atoms. The molecule has 0 aliphatic rings. The first-order valence-electron chi connectivity index (χ1n) is 5.54. The Morgan fingerprint density at radius 2 is 1.89 bits per heavy atom. The summed E-state index contributed by atoms with van der Waals surface area (Å²) in [5, 5.41) is 0.512. The van der Waals surface area contributed by atoms with E-state index in [2.05, 4.69) is 15.0 Å². The van der Waals surface area contributed by atoms with Crippen molar-refractivity contribution in [1.82, 2.24) is 14.9 Å². The number of aromatic amines is 1. The van der Waals surface area contributed by atoms with Gasteiger partial charge in [-0.05, 0) is 12.1 Å². The van der Waals surface area contributed by atoms with Crippen LogP contribution in [0.25, 0.3) is 10.8 Å². The molecule has 1 aromatic carbocycles. The summed E-state index contributed by atoms with van der Waals surface area (Å²) < 4.78 is 0. The molecule has 7 heteroatoms. The van der Waals surface area contributed by atoms with E-state index in [4.69, 9.17) is 5.73 Å². The lowest BCUT2D eigenvalue weighted by Crippen LogP contribution is -2.30. The van der Waals surface area contributed by atoms with Crippen molar-refractivity contribution in [2.24, 2.45) is 10.7 Å². The maximum Gasteiger partial charge on any atom is 0.281 e. The van der Waals surface area contributed by atoms with E-state index in [-0.39, 0.29) is 22.7 Å². The van der Waals surface area contributed by atoms with Gasteiger partial charge in [-0.15, -0.1) is 0 Å². The molecule has 2 aromatic rings. The molecule has 7 nitrogen and oxygen atoms in total. The fourth-order valence-corrected chi connectivity index (χ4v) is 1.48. The molecule has 0 aliphatic heterocycles. The minimum Gasteiger partial charge on any atom is -0.369 e. The van der Waals surface area contributed by atoms with E-state index in [0.717, 1.165) is 0 Å². The Hall–Kier alpha value is -2.70. The highest BCUT2D eigenvalue weighted by Crippen LogP contribution is 2.04. The normalized spacial score (nSPS) is 11.6. The number of nitrogens with two attached hydrogens (primary N) is 1. The maximum atomic E-state index is 11.9. The number of fused-ring (bicyclic) bond motifs is 1. The molecule has 0 fully saturated rings.